The van der Waals surface area contributed by atoms with Crippen molar-refractivity contribution in [1.29, 1.82) is 0 Å². The van der Waals surface area contributed by atoms with Crippen LogP contribution in [0, 0.1) is 0 Å². The average Bonchev–Trinajstić information content (AvgIpc) is 2.71. The summed E-state index contributed by atoms with van der Waals surface area (Å²) in [7, 11) is 5.18. The Hall–Kier alpha value is -1.22. The van der Waals surface area contributed by atoms with Gasteiger partial charge in [0.05, 0.1) is 14.2 Å². The molecule has 0 bridgehead atoms. The summed E-state index contributed by atoms with van der Waals surface area (Å²) in [5, 5.41) is 7.02. The average molecular weight is 504 g/mol. The smallest absolute Gasteiger partial charge is 0.191 e. The fourth-order valence-corrected chi connectivity index (χ4v) is 3.54. The Morgan fingerprint density at radius 3 is 2.50 bits per heavy atom. The molecular formula is C21H37IN4O2. The SMILES string of the molecule is CCCN1CCC(NC(=NC)NCCCc2ccc(OC)c(OC)c2)CC1.I. The molecule has 0 aromatic heterocycles. The molecule has 7 heteroatoms. The van der Waals surface area contributed by atoms with Crippen LogP contribution in [-0.2, 0) is 6.42 Å². The van der Waals surface area contributed by atoms with Crippen LogP contribution in [0.4, 0.5) is 0 Å². The molecule has 2 N–H and O–H groups in total. The van der Waals surface area contributed by atoms with Crippen molar-refractivity contribution in [2.24, 2.45) is 4.99 Å². The zero-order valence-corrected chi connectivity index (χ0v) is 20.1. The number of benzene rings is 1. The van der Waals surface area contributed by atoms with Crippen molar-refractivity contribution >= 4 is 29.9 Å². The molecule has 1 aromatic carbocycles. The third-order valence-electron chi connectivity index (χ3n) is 5.07. The van der Waals surface area contributed by atoms with Gasteiger partial charge in [-0.25, -0.2) is 0 Å². The highest BCUT2D eigenvalue weighted by Gasteiger charge is 2.19. The van der Waals surface area contributed by atoms with E-state index in [-0.39, 0.29) is 24.0 Å². The number of likely N-dealkylation sites (tertiary alicyclic amines) is 1. The van der Waals surface area contributed by atoms with Crippen LogP contribution >= 0.6 is 24.0 Å². The Morgan fingerprint density at radius 2 is 1.89 bits per heavy atom. The largest absolute Gasteiger partial charge is 0.493 e. The molecule has 6 nitrogen and oxygen atoms in total. The van der Waals surface area contributed by atoms with Crippen LogP contribution in [0.25, 0.3) is 0 Å². The highest BCUT2D eigenvalue weighted by Crippen LogP contribution is 2.27. The first kappa shape index (κ1) is 24.8. The van der Waals surface area contributed by atoms with Crippen molar-refractivity contribution in [2.45, 2.75) is 45.1 Å². The van der Waals surface area contributed by atoms with Gasteiger partial charge in [0.25, 0.3) is 0 Å². The van der Waals surface area contributed by atoms with E-state index in [1.807, 2.05) is 13.1 Å². The minimum atomic E-state index is 0. The minimum absolute atomic E-state index is 0. The standard InChI is InChI=1S/C21H36N4O2.HI/c1-5-13-25-14-10-18(11-15-25)24-21(22-2)23-12-6-7-17-8-9-19(26-3)20(16-17)27-4;/h8-9,16,18H,5-7,10-15H2,1-4H3,(H2,22,23,24);1H. The van der Waals surface area contributed by atoms with E-state index in [0.29, 0.717) is 6.04 Å². The van der Waals surface area contributed by atoms with Gasteiger partial charge in [0, 0.05) is 32.7 Å². The number of piperidine rings is 1. The molecule has 1 aromatic rings. The van der Waals surface area contributed by atoms with Gasteiger partial charge in [-0.3, -0.25) is 4.99 Å². The number of ether oxygens (including phenoxy) is 2. The van der Waals surface area contributed by atoms with Crippen LogP contribution < -0.4 is 20.1 Å². The second-order valence-electron chi connectivity index (χ2n) is 7.05. The van der Waals surface area contributed by atoms with E-state index in [1.54, 1.807) is 14.2 Å². The van der Waals surface area contributed by atoms with Gasteiger partial charge in [-0.05, 0) is 56.3 Å². The Kier molecular flexibility index (Phi) is 12.3. The molecule has 1 heterocycles. The van der Waals surface area contributed by atoms with Gasteiger partial charge < -0.3 is 25.0 Å². The number of aryl methyl sites for hydroxylation is 1. The van der Waals surface area contributed by atoms with Gasteiger partial charge in [0.2, 0.25) is 0 Å². The molecule has 160 valence electrons. The lowest BCUT2D eigenvalue weighted by Gasteiger charge is -2.32. The third-order valence-corrected chi connectivity index (χ3v) is 5.07. The molecule has 2 rings (SSSR count). The summed E-state index contributed by atoms with van der Waals surface area (Å²) in [4.78, 5) is 6.93. The maximum absolute atomic E-state index is 5.37. The van der Waals surface area contributed by atoms with Crippen molar-refractivity contribution in [3.8, 4) is 11.5 Å². The summed E-state index contributed by atoms with van der Waals surface area (Å²) < 4.78 is 10.7. The van der Waals surface area contributed by atoms with Crippen LogP contribution in [0.3, 0.4) is 0 Å². The molecule has 0 aliphatic carbocycles. The van der Waals surface area contributed by atoms with E-state index < -0.39 is 0 Å². The molecule has 1 aliphatic rings. The van der Waals surface area contributed by atoms with E-state index in [1.165, 1.54) is 44.5 Å². The number of methoxy groups -OCH3 is 2. The van der Waals surface area contributed by atoms with Crippen molar-refractivity contribution in [3.63, 3.8) is 0 Å². The highest BCUT2D eigenvalue weighted by molar-refractivity contribution is 14.0. The molecule has 28 heavy (non-hydrogen) atoms. The van der Waals surface area contributed by atoms with E-state index in [0.717, 1.165) is 36.8 Å². The lowest BCUT2D eigenvalue weighted by atomic mass is 10.1. The Morgan fingerprint density at radius 1 is 1.18 bits per heavy atom. The topological polar surface area (TPSA) is 58.1 Å². The highest BCUT2D eigenvalue weighted by atomic mass is 127. The number of hydrogen-bond donors (Lipinski definition) is 2. The second kappa shape index (κ2) is 13.9. The quantitative estimate of drug-likeness (QED) is 0.234. The van der Waals surface area contributed by atoms with Crippen LogP contribution in [0.15, 0.2) is 23.2 Å². The first-order valence-electron chi connectivity index (χ1n) is 10.1. The van der Waals surface area contributed by atoms with Crippen LogP contribution in [0.2, 0.25) is 0 Å². The lowest BCUT2D eigenvalue weighted by Crippen LogP contribution is -2.48. The number of halogens is 1. The van der Waals surface area contributed by atoms with Crippen LogP contribution in [-0.4, -0.2) is 64.3 Å². The summed E-state index contributed by atoms with van der Waals surface area (Å²) in [5.74, 6) is 2.47. The monoisotopic (exact) mass is 504 g/mol. The maximum Gasteiger partial charge on any atom is 0.191 e. The van der Waals surface area contributed by atoms with E-state index >= 15 is 0 Å². The first-order valence-corrected chi connectivity index (χ1v) is 10.1. The Balaban J connectivity index is 0.00000392. The van der Waals surface area contributed by atoms with Gasteiger partial charge in [-0.2, -0.15) is 0 Å². The lowest BCUT2D eigenvalue weighted by molar-refractivity contribution is 0.206. The molecule has 0 atom stereocenters. The molecule has 0 amide bonds. The fraction of sp³-hybridized carbons (Fsp3) is 0.667. The van der Waals surface area contributed by atoms with Gasteiger partial charge in [0.1, 0.15) is 0 Å². The van der Waals surface area contributed by atoms with Gasteiger partial charge in [0.15, 0.2) is 17.5 Å². The number of nitrogens with one attached hydrogen (secondary N) is 2. The summed E-state index contributed by atoms with van der Waals surface area (Å²) in [6, 6.07) is 6.64. The summed E-state index contributed by atoms with van der Waals surface area (Å²) >= 11 is 0. The molecule has 0 radical (unpaired) electrons. The molecule has 1 fully saturated rings. The number of rotatable bonds is 9. The van der Waals surface area contributed by atoms with Gasteiger partial charge >= 0.3 is 0 Å². The van der Waals surface area contributed by atoms with E-state index in [2.05, 4.69) is 39.6 Å². The summed E-state index contributed by atoms with van der Waals surface area (Å²) in [5.41, 5.74) is 1.25. The van der Waals surface area contributed by atoms with Crippen molar-refractivity contribution in [2.75, 3.05) is 47.4 Å². The Labute approximate surface area is 187 Å². The number of hydrogen-bond acceptors (Lipinski definition) is 4. The van der Waals surface area contributed by atoms with Crippen LogP contribution in [0.5, 0.6) is 11.5 Å². The number of nitrogens with zero attached hydrogens (tertiary/aromatic N) is 2. The number of aliphatic imine (C=N–C) groups is 1. The van der Waals surface area contributed by atoms with Gasteiger partial charge in [-0.15, -0.1) is 24.0 Å². The predicted molar refractivity (Wildman–Crippen MR) is 128 cm³/mol. The molecule has 0 saturated carbocycles. The van der Waals surface area contributed by atoms with E-state index in [4.69, 9.17) is 9.47 Å². The van der Waals surface area contributed by atoms with Crippen molar-refractivity contribution in [1.82, 2.24) is 15.5 Å². The predicted octanol–water partition coefficient (Wildman–Crippen LogP) is 3.29. The molecule has 1 saturated heterocycles. The summed E-state index contributed by atoms with van der Waals surface area (Å²) in [6.07, 6.45) is 5.63. The van der Waals surface area contributed by atoms with Crippen molar-refractivity contribution < 1.29 is 9.47 Å². The third kappa shape index (κ3) is 8.03. The Bertz CT molecular complexity index is 590. The maximum atomic E-state index is 5.37. The molecular weight excluding hydrogens is 467 g/mol. The van der Waals surface area contributed by atoms with Crippen molar-refractivity contribution in [3.05, 3.63) is 23.8 Å². The zero-order valence-electron chi connectivity index (χ0n) is 17.8. The minimum Gasteiger partial charge on any atom is -0.493 e. The zero-order chi connectivity index (χ0) is 19.5. The van der Waals surface area contributed by atoms with E-state index in [9.17, 15) is 0 Å². The fourth-order valence-electron chi connectivity index (χ4n) is 3.54. The van der Waals surface area contributed by atoms with Gasteiger partial charge in [-0.1, -0.05) is 13.0 Å². The second-order valence-corrected chi connectivity index (χ2v) is 7.05. The number of guanidine groups is 1. The first-order chi connectivity index (χ1) is 13.2. The summed E-state index contributed by atoms with van der Waals surface area (Å²) in [6.45, 7) is 6.72. The molecule has 0 spiro atoms. The van der Waals surface area contributed by atoms with Crippen LogP contribution in [0.1, 0.15) is 38.2 Å². The normalized spacial score (nSPS) is 15.6. The molecule has 0 unspecified atom stereocenters. The molecule has 1 aliphatic heterocycles.